The van der Waals surface area contributed by atoms with Crippen molar-refractivity contribution in [3.63, 3.8) is 0 Å². The zero-order valence-electron chi connectivity index (χ0n) is 23.6. The lowest BCUT2D eigenvalue weighted by Crippen LogP contribution is -2.40. The summed E-state index contributed by atoms with van der Waals surface area (Å²) in [5, 5.41) is 0. The maximum atomic E-state index is 14.0. The zero-order chi connectivity index (χ0) is 30.0. The summed E-state index contributed by atoms with van der Waals surface area (Å²) in [7, 11) is 4.37. The van der Waals surface area contributed by atoms with Gasteiger partial charge in [-0.2, -0.15) is 0 Å². The van der Waals surface area contributed by atoms with Crippen LogP contribution in [0.1, 0.15) is 41.6 Å². The molecule has 0 amide bonds. The molecule has 0 fully saturated rings. The number of hydrogen-bond acceptors (Lipinski definition) is 10. The lowest BCUT2D eigenvalue weighted by atomic mass is 9.95. The highest BCUT2D eigenvalue weighted by Gasteiger charge is 2.35. The summed E-state index contributed by atoms with van der Waals surface area (Å²) in [5.74, 6) is 0.773. The number of rotatable bonds is 8. The smallest absolute Gasteiger partial charge is 0.338 e. The van der Waals surface area contributed by atoms with Gasteiger partial charge in [0, 0.05) is 23.3 Å². The number of fused-ring (bicyclic) bond motifs is 1. The number of allylic oxidation sites excluding steroid dienone is 1. The molecule has 1 aliphatic rings. The van der Waals surface area contributed by atoms with Gasteiger partial charge < -0.3 is 23.4 Å². The van der Waals surface area contributed by atoms with E-state index in [4.69, 9.17) is 23.4 Å². The molecule has 11 heteroatoms. The Kier molecular flexibility index (Phi) is 8.12. The maximum Gasteiger partial charge on any atom is 0.338 e. The van der Waals surface area contributed by atoms with Crippen LogP contribution in [0.5, 0.6) is 11.5 Å². The summed E-state index contributed by atoms with van der Waals surface area (Å²) in [6.45, 7) is 3.59. The van der Waals surface area contributed by atoms with E-state index >= 15 is 0 Å². The third-order valence-electron chi connectivity index (χ3n) is 6.75. The van der Waals surface area contributed by atoms with E-state index in [1.54, 1.807) is 81.6 Å². The number of aromatic nitrogens is 1. The summed E-state index contributed by atoms with van der Waals surface area (Å²) >= 11 is 1.17. The Balaban J connectivity index is 1.66. The third-order valence-corrected chi connectivity index (χ3v) is 7.73. The SMILES string of the molecule is CCOC(=O)C1=C(C)N=c2s/c(=C/c3ccc(-c4ccccc4C(=O)OC)o3)c(=O)n2[C@H]1c1ccc(OC)cc1OC. The van der Waals surface area contributed by atoms with Gasteiger partial charge in [0.15, 0.2) is 4.80 Å². The predicted molar refractivity (Wildman–Crippen MR) is 155 cm³/mol. The highest BCUT2D eigenvalue weighted by atomic mass is 32.1. The van der Waals surface area contributed by atoms with Crippen LogP contribution in [0.15, 0.2) is 80.1 Å². The molecule has 0 radical (unpaired) electrons. The van der Waals surface area contributed by atoms with Gasteiger partial charge >= 0.3 is 11.9 Å². The Labute approximate surface area is 244 Å². The van der Waals surface area contributed by atoms with E-state index in [0.29, 0.717) is 54.7 Å². The summed E-state index contributed by atoms with van der Waals surface area (Å²) in [6.07, 6.45) is 1.61. The molecule has 2 aromatic carbocycles. The standard InChI is InChI=1S/C31H28N2O8S/c1-6-40-30(36)26-17(2)32-31-33(27(26)22-13-11-18(37-3)15-24(22)38-4)28(34)25(42-31)16-19-12-14-23(41-19)20-9-7-8-10-21(20)29(35)39-5/h7-16,27H,6H2,1-5H3/b25-16+/t27-/m0/s1. The van der Waals surface area contributed by atoms with Gasteiger partial charge in [-0.3, -0.25) is 9.36 Å². The van der Waals surface area contributed by atoms with Crippen molar-refractivity contribution in [1.29, 1.82) is 0 Å². The van der Waals surface area contributed by atoms with Gasteiger partial charge in [0.1, 0.15) is 29.1 Å². The minimum Gasteiger partial charge on any atom is -0.497 e. The van der Waals surface area contributed by atoms with E-state index in [2.05, 4.69) is 4.99 Å². The Morgan fingerprint density at radius 1 is 1.05 bits per heavy atom. The second kappa shape index (κ2) is 11.9. The molecule has 216 valence electrons. The second-order valence-electron chi connectivity index (χ2n) is 9.15. The average Bonchev–Trinajstić information content (AvgIpc) is 3.59. The maximum absolute atomic E-state index is 14.0. The largest absolute Gasteiger partial charge is 0.497 e. The molecule has 0 spiro atoms. The number of esters is 2. The van der Waals surface area contributed by atoms with Crippen LogP contribution in [0.3, 0.4) is 0 Å². The molecule has 42 heavy (non-hydrogen) atoms. The van der Waals surface area contributed by atoms with Gasteiger partial charge in [0.25, 0.3) is 5.56 Å². The third kappa shape index (κ3) is 5.14. The molecule has 4 aromatic rings. The van der Waals surface area contributed by atoms with Crippen molar-refractivity contribution in [2.24, 2.45) is 4.99 Å². The lowest BCUT2D eigenvalue weighted by molar-refractivity contribution is -0.139. The van der Waals surface area contributed by atoms with Crippen LogP contribution in [-0.4, -0.2) is 44.4 Å². The Morgan fingerprint density at radius 3 is 2.55 bits per heavy atom. The van der Waals surface area contributed by atoms with E-state index < -0.39 is 18.0 Å². The molecule has 1 atom stereocenters. The van der Waals surface area contributed by atoms with E-state index in [1.807, 2.05) is 0 Å². The summed E-state index contributed by atoms with van der Waals surface area (Å²) in [6, 6.07) is 14.7. The van der Waals surface area contributed by atoms with Crippen molar-refractivity contribution >= 4 is 29.4 Å². The first-order valence-corrected chi connectivity index (χ1v) is 13.8. The average molecular weight is 589 g/mol. The first kappa shape index (κ1) is 28.6. The number of nitrogens with zero attached hydrogens (tertiary/aromatic N) is 2. The quantitative estimate of drug-likeness (QED) is 0.285. The Bertz CT molecular complexity index is 1900. The Morgan fingerprint density at radius 2 is 1.83 bits per heavy atom. The van der Waals surface area contributed by atoms with Crippen molar-refractivity contribution in [2.75, 3.05) is 27.9 Å². The van der Waals surface area contributed by atoms with Crippen molar-refractivity contribution in [3.05, 3.63) is 102 Å². The minimum atomic E-state index is -0.859. The number of carbonyl (C=O) groups excluding carboxylic acids is 2. The molecule has 1 aliphatic heterocycles. The number of ether oxygens (including phenoxy) is 4. The normalized spacial score (nSPS) is 14.7. The van der Waals surface area contributed by atoms with Gasteiger partial charge in [-0.05, 0) is 44.2 Å². The Hall–Kier alpha value is -4.90. The number of furan rings is 1. The van der Waals surface area contributed by atoms with Gasteiger partial charge in [-0.1, -0.05) is 29.5 Å². The summed E-state index contributed by atoms with van der Waals surface area (Å²) < 4.78 is 29.1. The number of benzene rings is 2. The monoisotopic (exact) mass is 588 g/mol. The molecule has 0 saturated heterocycles. The van der Waals surface area contributed by atoms with Gasteiger partial charge in [0.2, 0.25) is 0 Å². The van der Waals surface area contributed by atoms with Crippen LogP contribution in [0.25, 0.3) is 17.4 Å². The van der Waals surface area contributed by atoms with Crippen LogP contribution in [0.4, 0.5) is 0 Å². The first-order chi connectivity index (χ1) is 20.3. The minimum absolute atomic E-state index is 0.159. The molecule has 3 heterocycles. The van der Waals surface area contributed by atoms with Crippen molar-refractivity contribution < 1.29 is 33.0 Å². The molecular formula is C31H28N2O8S. The van der Waals surface area contributed by atoms with Crippen LogP contribution < -0.4 is 24.4 Å². The molecule has 10 nitrogen and oxygen atoms in total. The molecule has 0 bridgehead atoms. The van der Waals surface area contributed by atoms with Crippen LogP contribution in [0, 0.1) is 0 Å². The first-order valence-electron chi connectivity index (χ1n) is 13.0. The second-order valence-corrected chi connectivity index (χ2v) is 10.2. The number of carbonyl (C=O) groups is 2. The van der Waals surface area contributed by atoms with Gasteiger partial charge in [0.05, 0.1) is 49.3 Å². The van der Waals surface area contributed by atoms with Crippen molar-refractivity contribution in [1.82, 2.24) is 4.57 Å². The fourth-order valence-corrected chi connectivity index (χ4v) is 5.85. The van der Waals surface area contributed by atoms with E-state index in [-0.39, 0.29) is 17.7 Å². The predicted octanol–water partition coefficient (Wildman–Crippen LogP) is 3.86. The van der Waals surface area contributed by atoms with Crippen molar-refractivity contribution in [3.8, 4) is 22.8 Å². The van der Waals surface area contributed by atoms with Crippen LogP contribution in [0.2, 0.25) is 0 Å². The highest BCUT2D eigenvalue weighted by molar-refractivity contribution is 7.07. The molecular weight excluding hydrogens is 560 g/mol. The van der Waals surface area contributed by atoms with Gasteiger partial charge in [-0.25, -0.2) is 14.6 Å². The molecule has 0 saturated carbocycles. The van der Waals surface area contributed by atoms with E-state index in [9.17, 15) is 14.4 Å². The number of methoxy groups -OCH3 is 3. The molecule has 5 rings (SSSR count). The summed E-state index contributed by atoms with van der Waals surface area (Å²) in [5.41, 5.74) is 1.79. The van der Waals surface area contributed by atoms with E-state index in [1.165, 1.54) is 30.1 Å². The van der Waals surface area contributed by atoms with Gasteiger partial charge in [-0.15, -0.1) is 0 Å². The number of thiazole rings is 1. The molecule has 0 aliphatic carbocycles. The zero-order valence-corrected chi connectivity index (χ0v) is 24.4. The fourth-order valence-electron chi connectivity index (χ4n) is 4.82. The molecule has 0 N–H and O–H groups in total. The number of hydrogen-bond donors (Lipinski definition) is 0. The lowest BCUT2D eigenvalue weighted by Gasteiger charge is -2.26. The highest BCUT2D eigenvalue weighted by Crippen LogP contribution is 2.37. The van der Waals surface area contributed by atoms with Crippen LogP contribution >= 0.6 is 11.3 Å². The topological polar surface area (TPSA) is 119 Å². The fraction of sp³-hybridized carbons (Fsp3) is 0.226. The molecule has 2 aromatic heterocycles. The van der Waals surface area contributed by atoms with Crippen molar-refractivity contribution in [2.45, 2.75) is 19.9 Å². The molecule has 0 unspecified atom stereocenters. The van der Waals surface area contributed by atoms with Crippen LogP contribution in [-0.2, 0) is 14.3 Å². The van der Waals surface area contributed by atoms with E-state index in [0.717, 1.165) is 0 Å². The summed E-state index contributed by atoms with van der Waals surface area (Å²) in [4.78, 5) is 44.4.